The molecule has 0 unspecified atom stereocenters. The first-order valence-corrected chi connectivity index (χ1v) is 15.5. The van der Waals surface area contributed by atoms with Crippen LogP contribution in [0.5, 0.6) is 11.5 Å². The molecular weight excluding hydrogens is 670 g/mol. The van der Waals surface area contributed by atoms with Crippen molar-refractivity contribution < 1.29 is 19.3 Å². The van der Waals surface area contributed by atoms with Gasteiger partial charge >= 0.3 is 5.69 Å². The van der Waals surface area contributed by atoms with Crippen molar-refractivity contribution in [3.8, 4) is 22.9 Å². The van der Waals surface area contributed by atoms with Crippen LogP contribution in [0, 0.1) is 27.2 Å². The summed E-state index contributed by atoms with van der Waals surface area (Å²) in [7, 11) is 0. The smallest absolute Gasteiger partial charge is 0.312 e. The number of fused-ring (bicyclic) bond motifs is 1. The maximum absolute atomic E-state index is 13.9. The molecule has 0 atom stereocenters. The van der Waals surface area contributed by atoms with Crippen LogP contribution < -0.4 is 15.0 Å². The number of hydrogen-bond acceptors (Lipinski definition) is 9. The van der Waals surface area contributed by atoms with E-state index in [1.807, 2.05) is 39.8 Å². The van der Waals surface area contributed by atoms with E-state index in [2.05, 4.69) is 21.0 Å². The number of nitro benzene ring substituents is 2. The van der Waals surface area contributed by atoms with Crippen LogP contribution in [0.25, 0.3) is 22.3 Å². The number of nitrogens with zero attached hydrogens (tertiary/aromatic N) is 5. The highest BCUT2D eigenvalue weighted by Crippen LogP contribution is 2.36. The van der Waals surface area contributed by atoms with E-state index >= 15 is 0 Å². The Morgan fingerprint density at radius 1 is 1.00 bits per heavy atom. The molecule has 0 amide bonds. The summed E-state index contributed by atoms with van der Waals surface area (Å²) in [6.45, 7) is 8.20. The molecule has 5 rings (SSSR count). The average molecular weight is 701 g/mol. The molecule has 0 radical (unpaired) electrons. The Kier molecular flexibility index (Phi) is 9.75. The first kappa shape index (κ1) is 32.9. The van der Waals surface area contributed by atoms with E-state index in [4.69, 9.17) is 14.5 Å². The number of nitro groups is 2. The number of hydrogen-bond donors (Lipinski definition) is 0. The van der Waals surface area contributed by atoms with Crippen molar-refractivity contribution in [3.63, 3.8) is 0 Å². The minimum atomic E-state index is -0.600. The number of rotatable bonds is 11. The SMILES string of the molecule is CCOc1cc(C)c(-c2nc3ccccc3c(=O)n2N=Cc2cc(Br)cc([N+](=O)[O-])c2OCc2cccc([N+](=O)[O-])c2)cc1C(C)C. The number of aromatic nitrogens is 2. The van der Waals surface area contributed by atoms with Gasteiger partial charge in [-0.3, -0.25) is 25.0 Å². The molecule has 5 aromatic rings. The second kappa shape index (κ2) is 13.9. The Balaban J connectivity index is 1.68. The van der Waals surface area contributed by atoms with E-state index in [0.717, 1.165) is 16.9 Å². The summed E-state index contributed by atoms with van der Waals surface area (Å²) in [5.41, 5.74) is 2.57. The number of aryl methyl sites for hydroxylation is 1. The van der Waals surface area contributed by atoms with Crippen LogP contribution >= 0.6 is 15.9 Å². The lowest BCUT2D eigenvalue weighted by atomic mass is 9.96. The van der Waals surface area contributed by atoms with Crippen LogP contribution in [0.2, 0.25) is 0 Å². The highest BCUT2D eigenvalue weighted by molar-refractivity contribution is 9.10. The Labute approximate surface area is 277 Å². The maximum Gasteiger partial charge on any atom is 0.312 e. The molecule has 12 nitrogen and oxygen atoms in total. The second-order valence-electron chi connectivity index (χ2n) is 10.9. The quantitative estimate of drug-likeness (QED) is 0.0765. The zero-order valence-corrected chi connectivity index (χ0v) is 27.6. The van der Waals surface area contributed by atoms with Crippen molar-refractivity contribution in [3.05, 3.63) is 130 Å². The lowest BCUT2D eigenvalue weighted by Crippen LogP contribution is -2.21. The van der Waals surface area contributed by atoms with Crippen LogP contribution in [0.1, 0.15) is 48.9 Å². The van der Waals surface area contributed by atoms with E-state index in [1.165, 1.54) is 35.2 Å². The Bertz CT molecular complexity index is 2110. The van der Waals surface area contributed by atoms with Gasteiger partial charge in [-0.2, -0.15) is 9.78 Å². The highest BCUT2D eigenvalue weighted by atomic mass is 79.9. The normalized spacial score (nSPS) is 11.4. The van der Waals surface area contributed by atoms with Gasteiger partial charge in [0, 0.05) is 33.8 Å². The largest absolute Gasteiger partial charge is 0.494 e. The van der Waals surface area contributed by atoms with Gasteiger partial charge in [-0.1, -0.05) is 54.0 Å². The standard InChI is InChI=1S/C34H30BrN5O7/c1-5-46-31-13-21(4)28(17-27(31)20(2)3)33-37-29-12-7-6-11-26(29)34(41)38(33)36-18-23-15-24(35)16-30(40(44)45)32(23)47-19-22-9-8-10-25(14-22)39(42)43/h6-18,20H,5,19H2,1-4H3. The third-order valence-corrected chi connectivity index (χ3v) is 7.81. The summed E-state index contributed by atoms with van der Waals surface area (Å²) in [6, 6.07) is 19.4. The summed E-state index contributed by atoms with van der Waals surface area (Å²) in [6.07, 6.45) is 1.30. The first-order chi connectivity index (χ1) is 22.5. The van der Waals surface area contributed by atoms with E-state index < -0.39 is 15.4 Å². The van der Waals surface area contributed by atoms with Gasteiger partial charge in [0.15, 0.2) is 5.82 Å². The predicted octanol–water partition coefficient (Wildman–Crippen LogP) is 7.93. The van der Waals surface area contributed by atoms with E-state index in [1.54, 1.807) is 36.4 Å². The molecule has 0 saturated carbocycles. The van der Waals surface area contributed by atoms with Gasteiger partial charge in [0.1, 0.15) is 12.4 Å². The van der Waals surface area contributed by atoms with Gasteiger partial charge in [0.05, 0.1) is 33.6 Å². The lowest BCUT2D eigenvalue weighted by molar-refractivity contribution is -0.386. The molecule has 0 spiro atoms. The topological polar surface area (TPSA) is 152 Å². The van der Waals surface area contributed by atoms with Gasteiger partial charge in [-0.05, 0) is 66.8 Å². The van der Waals surface area contributed by atoms with Crippen LogP contribution in [0.15, 0.2) is 87.2 Å². The van der Waals surface area contributed by atoms with Crippen LogP contribution in [-0.2, 0) is 6.61 Å². The summed E-state index contributed by atoms with van der Waals surface area (Å²) < 4.78 is 13.4. The van der Waals surface area contributed by atoms with Crippen molar-refractivity contribution in [2.24, 2.45) is 5.10 Å². The van der Waals surface area contributed by atoms with E-state index in [-0.39, 0.29) is 41.0 Å². The Hall–Kier alpha value is -5.43. The third kappa shape index (κ3) is 7.04. The molecule has 0 aliphatic carbocycles. The summed E-state index contributed by atoms with van der Waals surface area (Å²) in [4.78, 5) is 41.0. The van der Waals surface area contributed by atoms with Gasteiger partial charge < -0.3 is 9.47 Å². The van der Waals surface area contributed by atoms with Gasteiger partial charge in [0.2, 0.25) is 5.75 Å². The number of non-ortho nitro benzene ring substituents is 1. The van der Waals surface area contributed by atoms with Crippen molar-refractivity contribution >= 4 is 44.4 Å². The fourth-order valence-corrected chi connectivity index (χ4v) is 5.56. The van der Waals surface area contributed by atoms with E-state index in [0.29, 0.717) is 33.1 Å². The van der Waals surface area contributed by atoms with Gasteiger partial charge in [-0.25, -0.2) is 4.98 Å². The summed E-state index contributed by atoms with van der Waals surface area (Å²) in [5.74, 6) is 0.994. The molecule has 4 aromatic carbocycles. The van der Waals surface area contributed by atoms with Crippen molar-refractivity contribution in [1.82, 2.24) is 9.66 Å². The van der Waals surface area contributed by atoms with Gasteiger partial charge in [0.25, 0.3) is 11.2 Å². The third-order valence-electron chi connectivity index (χ3n) is 7.35. The first-order valence-electron chi connectivity index (χ1n) is 14.7. The Morgan fingerprint density at radius 2 is 1.77 bits per heavy atom. The van der Waals surface area contributed by atoms with Crippen LogP contribution in [0.3, 0.4) is 0 Å². The second-order valence-corrected chi connectivity index (χ2v) is 11.8. The molecule has 0 aliphatic rings. The zero-order chi connectivity index (χ0) is 33.8. The van der Waals surface area contributed by atoms with Gasteiger partial charge in [-0.15, -0.1) is 0 Å². The summed E-state index contributed by atoms with van der Waals surface area (Å²) >= 11 is 3.32. The molecule has 0 saturated heterocycles. The molecule has 0 aliphatic heterocycles. The molecular formula is C34H30BrN5O7. The number of halogens is 1. The average Bonchev–Trinajstić information content (AvgIpc) is 3.03. The van der Waals surface area contributed by atoms with Crippen molar-refractivity contribution in [1.29, 1.82) is 0 Å². The number of benzene rings is 4. The highest BCUT2D eigenvalue weighted by Gasteiger charge is 2.22. The molecule has 0 N–H and O–H groups in total. The minimum absolute atomic E-state index is 0.105. The monoisotopic (exact) mass is 699 g/mol. The molecule has 0 fully saturated rings. The lowest BCUT2D eigenvalue weighted by Gasteiger charge is -2.18. The molecule has 0 bridgehead atoms. The fraction of sp³-hybridized carbons (Fsp3) is 0.206. The number of ether oxygens (including phenoxy) is 2. The van der Waals surface area contributed by atoms with E-state index in [9.17, 15) is 25.0 Å². The van der Waals surface area contributed by atoms with Crippen LogP contribution in [0.4, 0.5) is 11.4 Å². The minimum Gasteiger partial charge on any atom is -0.494 e. The summed E-state index contributed by atoms with van der Waals surface area (Å²) in [5, 5.41) is 28.2. The fourth-order valence-electron chi connectivity index (χ4n) is 5.10. The molecule has 47 heavy (non-hydrogen) atoms. The molecule has 13 heteroatoms. The van der Waals surface area contributed by atoms with Crippen molar-refractivity contribution in [2.75, 3.05) is 6.61 Å². The molecule has 1 aromatic heterocycles. The maximum atomic E-state index is 13.9. The van der Waals surface area contributed by atoms with Crippen LogP contribution in [-0.4, -0.2) is 32.3 Å². The van der Waals surface area contributed by atoms with Crippen molar-refractivity contribution in [2.45, 2.75) is 40.2 Å². The predicted molar refractivity (Wildman–Crippen MR) is 183 cm³/mol. The zero-order valence-electron chi connectivity index (χ0n) is 26.0. The molecule has 1 heterocycles. The number of para-hydroxylation sites is 1. The molecule has 240 valence electrons. The Morgan fingerprint density at radius 3 is 2.47 bits per heavy atom.